The highest BCUT2D eigenvalue weighted by Crippen LogP contribution is 2.26. The van der Waals surface area contributed by atoms with Gasteiger partial charge in [0, 0.05) is 0 Å². The van der Waals surface area contributed by atoms with Crippen molar-refractivity contribution < 1.29 is 17.9 Å². The zero-order valence-electron chi connectivity index (χ0n) is 12.0. The molecule has 20 heavy (non-hydrogen) atoms. The number of hydrogen-bond donors (Lipinski definition) is 1. The molecule has 0 amide bonds. The van der Waals surface area contributed by atoms with Gasteiger partial charge in [0.15, 0.2) is 21.3 Å². The van der Waals surface area contributed by atoms with Crippen LogP contribution in [-0.2, 0) is 9.84 Å². The fraction of sp³-hybridized carbons (Fsp3) is 0.571. The standard InChI is InChI=1S/C14H23NO4S/c1-3-18-13-6-4-5-7-14(13)19-8-9-20(16,17)11-12(2)10-15/h4-7,12H,3,8-11,15H2,1-2H3. The minimum absolute atomic E-state index is 0.0161. The molecule has 0 fully saturated rings. The van der Waals surface area contributed by atoms with Crippen molar-refractivity contribution in [3.8, 4) is 11.5 Å². The lowest BCUT2D eigenvalue weighted by molar-refractivity contribution is 0.288. The molecule has 0 aliphatic heterocycles. The van der Waals surface area contributed by atoms with Crippen LogP contribution in [0.3, 0.4) is 0 Å². The topological polar surface area (TPSA) is 78.6 Å². The van der Waals surface area contributed by atoms with Gasteiger partial charge in [-0.1, -0.05) is 19.1 Å². The van der Waals surface area contributed by atoms with Gasteiger partial charge in [0.05, 0.1) is 18.1 Å². The third kappa shape index (κ3) is 5.79. The molecule has 1 unspecified atom stereocenters. The van der Waals surface area contributed by atoms with Crippen LogP contribution < -0.4 is 15.2 Å². The normalized spacial score (nSPS) is 12.9. The summed E-state index contributed by atoms with van der Waals surface area (Å²) < 4.78 is 34.6. The minimum atomic E-state index is -3.13. The quantitative estimate of drug-likeness (QED) is 0.747. The van der Waals surface area contributed by atoms with Gasteiger partial charge in [-0.3, -0.25) is 0 Å². The van der Waals surface area contributed by atoms with E-state index in [1.54, 1.807) is 12.1 Å². The number of sulfone groups is 1. The number of benzene rings is 1. The first-order valence-corrected chi connectivity index (χ1v) is 8.55. The Morgan fingerprint density at radius 1 is 1.20 bits per heavy atom. The average Bonchev–Trinajstić information content (AvgIpc) is 2.40. The van der Waals surface area contributed by atoms with Crippen molar-refractivity contribution in [2.45, 2.75) is 13.8 Å². The van der Waals surface area contributed by atoms with E-state index >= 15 is 0 Å². The maximum Gasteiger partial charge on any atom is 0.161 e. The summed E-state index contributed by atoms with van der Waals surface area (Å²) in [5.74, 6) is 1.24. The Morgan fingerprint density at radius 3 is 2.35 bits per heavy atom. The van der Waals surface area contributed by atoms with Crippen LogP contribution in [-0.4, -0.2) is 39.7 Å². The number of ether oxygens (including phenoxy) is 2. The predicted octanol–water partition coefficient (Wildman–Crippen LogP) is 1.47. The molecule has 0 aromatic heterocycles. The molecule has 6 heteroatoms. The molecule has 5 nitrogen and oxygen atoms in total. The highest BCUT2D eigenvalue weighted by Gasteiger charge is 2.15. The fourth-order valence-electron chi connectivity index (χ4n) is 1.71. The first-order chi connectivity index (χ1) is 9.48. The van der Waals surface area contributed by atoms with Crippen molar-refractivity contribution in [3.63, 3.8) is 0 Å². The molecule has 0 heterocycles. The van der Waals surface area contributed by atoms with Gasteiger partial charge in [-0.15, -0.1) is 0 Å². The molecule has 1 aromatic carbocycles. The van der Waals surface area contributed by atoms with Crippen LogP contribution in [0.4, 0.5) is 0 Å². The SMILES string of the molecule is CCOc1ccccc1OCCS(=O)(=O)CC(C)CN. The lowest BCUT2D eigenvalue weighted by Crippen LogP contribution is -2.25. The molecular weight excluding hydrogens is 278 g/mol. The Labute approximate surface area is 121 Å². The molecule has 0 saturated carbocycles. The van der Waals surface area contributed by atoms with Gasteiger partial charge in [0.2, 0.25) is 0 Å². The molecule has 0 spiro atoms. The Morgan fingerprint density at radius 2 is 1.80 bits per heavy atom. The van der Waals surface area contributed by atoms with Crippen LogP contribution in [0.1, 0.15) is 13.8 Å². The van der Waals surface area contributed by atoms with Gasteiger partial charge in [-0.25, -0.2) is 8.42 Å². The summed E-state index contributed by atoms with van der Waals surface area (Å²) >= 11 is 0. The highest BCUT2D eigenvalue weighted by atomic mass is 32.2. The van der Waals surface area contributed by atoms with Gasteiger partial charge in [-0.05, 0) is 31.5 Å². The molecule has 1 rings (SSSR count). The zero-order valence-corrected chi connectivity index (χ0v) is 12.9. The average molecular weight is 301 g/mol. The first kappa shape index (κ1) is 16.8. The van der Waals surface area contributed by atoms with Crippen molar-refractivity contribution in [2.24, 2.45) is 11.7 Å². The van der Waals surface area contributed by atoms with Crippen molar-refractivity contribution in [3.05, 3.63) is 24.3 Å². The summed E-state index contributed by atoms with van der Waals surface area (Å²) in [7, 11) is -3.13. The molecule has 1 aromatic rings. The molecule has 0 aliphatic rings. The van der Waals surface area contributed by atoms with E-state index in [-0.39, 0.29) is 24.0 Å². The van der Waals surface area contributed by atoms with Gasteiger partial charge in [0.25, 0.3) is 0 Å². The molecule has 114 valence electrons. The third-order valence-electron chi connectivity index (χ3n) is 2.74. The summed E-state index contributed by atoms with van der Waals surface area (Å²) in [4.78, 5) is 0. The summed E-state index contributed by atoms with van der Waals surface area (Å²) in [5, 5.41) is 0. The number of nitrogens with two attached hydrogens (primary N) is 1. The van der Waals surface area contributed by atoms with E-state index in [2.05, 4.69) is 0 Å². The largest absolute Gasteiger partial charge is 0.490 e. The third-order valence-corrected chi connectivity index (χ3v) is 4.61. The van der Waals surface area contributed by atoms with Gasteiger partial charge in [0.1, 0.15) is 6.61 Å². The molecule has 0 aliphatic carbocycles. The van der Waals surface area contributed by atoms with Crippen LogP contribution >= 0.6 is 0 Å². The van der Waals surface area contributed by atoms with Crippen LogP contribution in [0, 0.1) is 5.92 Å². The molecule has 0 saturated heterocycles. The molecule has 0 bridgehead atoms. The number of rotatable bonds is 9. The molecule has 0 radical (unpaired) electrons. The minimum Gasteiger partial charge on any atom is -0.490 e. The molecular formula is C14H23NO4S. The first-order valence-electron chi connectivity index (χ1n) is 6.73. The van der Waals surface area contributed by atoms with Crippen molar-refractivity contribution in [1.82, 2.24) is 0 Å². The van der Waals surface area contributed by atoms with Gasteiger partial charge in [-0.2, -0.15) is 0 Å². The number of hydrogen-bond acceptors (Lipinski definition) is 5. The summed E-state index contributed by atoms with van der Waals surface area (Å²) in [6.07, 6.45) is 0. The molecule has 1 atom stereocenters. The van der Waals surface area contributed by atoms with Gasteiger partial charge < -0.3 is 15.2 Å². The van der Waals surface area contributed by atoms with E-state index in [0.717, 1.165) is 0 Å². The van der Waals surface area contributed by atoms with E-state index in [9.17, 15) is 8.42 Å². The van der Waals surface area contributed by atoms with Crippen molar-refractivity contribution in [1.29, 1.82) is 0 Å². The van der Waals surface area contributed by atoms with Crippen molar-refractivity contribution >= 4 is 9.84 Å². The second-order valence-electron chi connectivity index (χ2n) is 4.68. The van der Waals surface area contributed by atoms with Crippen molar-refractivity contribution in [2.75, 3.05) is 31.3 Å². The lowest BCUT2D eigenvalue weighted by atomic mass is 10.2. The van der Waals surface area contributed by atoms with Crippen LogP contribution in [0.15, 0.2) is 24.3 Å². The van der Waals surface area contributed by atoms with E-state index in [1.165, 1.54) is 0 Å². The van der Waals surface area contributed by atoms with Crippen LogP contribution in [0.2, 0.25) is 0 Å². The van der Waals surface area contributed by atoms with E-state index < -0.39 is 9.84 Å². The lowest BCUT2D eigenvalue weighted by Gasteiger charge is -2.13. The smallest absolute Gasteiger partial charge is 0.161 e. The Kier molecular flexibility index (Phi) is 6.81. The maximum absolute atomic E-state index is 11.8. The van der Waals surface area contributed by atoms with Crippen LogP contribution in [0.25, 0.3) is 0 Å². The summed E-state index contributed by atoms with van der Waals surface area (Å²) in [6.45, 7) is 4.72. The number of para-hydroxylation sites is 2. The molecule has 2 N–H and O–H groups in total. The highest BCUT2D eigenvalue weighted by molar-refractivity contribution is 7.91. The second kappa shape index (κ2) is 8.11. The summed E-state index contributed by atoms with van der Waals surface area (Å²) in [6, 6.07) is 7.23. The van der Waals surface area contributed by atoms with Gasteiger partial charge >= 0.3 is 0 Å². The second-order valence-corrected chi connectivity index (χ2v) is 6.91. The predicted molar refractivity (Wildman–Crippen MR) is 80.0 cm³/mol. The monoisotopic (exact) mass is 301 g/mol. The Bertz CT molecular complexity index is 502. The Hall–Kier alpha value is -1.27. The Balaban J connectivity index is 2.52. The summed E-state index contributed by atoms with van der Waals surface area (Å²) in [5.41, 5.74) is 5.44. The maximum atomic E-state index is 11.8. The fourth-order valence-corrected chi connectivity index (χ4v) is 3.21. The zero-order chi connectivity index (χ0) is 15.0. The van der Waals surface area contributed by atoms with E-state index in [0.29, 0.717) is 24.7 Å². The van der Waals surface area contributed by atoms with E-state index in [4.69, 9.17) is 15.2 Å². The van der Waals surface area contributed by atoms with E-state index in [1.807, 2.05) is 26.0 Å². The van der Waals surface area contributed by atoms with Crippen LogP contribution in [0.5, 0.6) is 11.5 Å².